The highest BCUT2D eigenvalue weighted by atomic mass is 32.2. The number of hydrogen-bond acceptors (Lipinski definition) is 7. The molecule has 2 aromatic carbocycles. The molecule has 1 N–H and O–H groups in total. The van der Waals surface area contributed by atoms with Gasteiger partial charge in [0, 0.05) is 60.0 Å². The average Bonchev–Trinajstić information content (AvgIpc) is 3.89. The number of likely N-dealkylation sites (N-methyl/N-ethyl adjacent to an activating group) is 1. The van der Waals surface area contributed by atoms with Crippen molar-refractivity contribution in [2.75, 3.05) is 47.0 Å². The molecule has 2 bridgehead atoms. The van der Waals surface area contributed by atoms with Gasteiger partial charge in [-0.25, -0.2) is 13.1 Å². The summed E-state index contributed by atoms with van der Waals surface area (Å²) in [6, 6.07) is 12.1. The zero-order chi connectivity index (χ0) is 35.8. The number of amides is 2. The molecule has 5 fully saturated rings. The SMILES string of the molecule is COc1ccc2c(c1)C1CC1(C(=O)N1CC3COC[C@@H]1CN(C)C3)Cn1c-2c(C2CCCCC2)c2ccc(C(=O)NS(=O)(=O)C3CCCCC3)cc21. The fourth-order valence-corrected chi connectivity index (χ4v) is 12.2. The van der Waals surface area contributed by atoms with Crippen molar-refractivity contribution in [3.8, 4) is 17.0 Å². The standard InChI is InChI=1S/C41H52N4O6S/c1-43-20-26-21-44(29(22-43)24-51-23-26)40(47)41-19-35(41)34-18-30(50-2)14-16-32(34)38-37(27-9-5-3-6-10-27)33-15-13-28(17-36(33)45(38)25-41)39(46)42-52(48,49)31-11-7-4-8-12-31/h13-18,26-27,29,31,35H,3-12,19-25H2,1-2H3,(H,42,46)/t26?,29-,35?,41?/m0/s1. The van der Waals surface area contributed by atoms with E-state index in [-0.39, 0.29) is 23.8 Å². The van der Waals surface area contributed by atoms with E-state index >= 15 is 4.79 Å². The lowest BCUT2D eigenvalue weighted by atomic mass is 9.81. The molecule has 3 aliphatic carbocycles. The molecular formula is C41H52N4O6S. The molecule has 3 unspecified atom stereocenters. The van der Waals surface area contributed by atoms with Crippen LogP contribution in [0.5, 0.6) is 5.75 Å². The number of carbonyl (C=O) groups excluding carboxylic acids is 2. The Bertz CT molecular complexity index is 2010. The van der Waals surface area contributed by atoms with Gasteiger partial charge in [0.25, 0.3) is 5.91 Å². The van der Waals surface area contributed by atoms with E-state index in [0.29, 0.717) is 50.6 Å². The van der Waals surface area contributed by atoms with Gasteiger partial charge in [0.15, 0.2) is 0 Å². The minimum absolute atomic E-state index is 0.00579. The van der Waals surface area contributed by atoms with Gasteiger partial charge in [0.1, 0.15) is 5.75 Å². The second-order valence-electron chi connectivity index (χ2n) is 16.8. The van der Waals surface area contributed by atoms with Gasteiger partial charge in [-0.3, -0.25) is 9.59 Å². The predicted octanol–water partition coefficient (Wildman–Crippen LogP) is 6.03. The summed E-state index contributed by atoms with van der Waals surface area (Å²) in [5.74, 6) is 1.05. The number of carbonyl (C=O) groups is 2. The van der Waals surface area contributed by atoms with Crippen molar-refractivity contribution in [1.82, 2.24) is 19.1 Å². The third-order valence-electron chi connectivity index (χ3n) is 13.3. The summed E-state index contributed by atoms with van der Waals surface area (Å²) < 4.78 is 43.4. The zero-order valence-corrected chi connectivity index (χ0v) is 31.4. The molecule has 4 heterocycles. The van der Waals surface area contributed by atoms with Crippen molar-refractivity contribution >= 4 is 32.7 Å². The molecule has 6 aliphatic rings. The average molecular weight is 729 g/mol. The number of hydrogen-bond donors (Lipinski definition) is 1. The fraction of sp³-hybridized carbons (Fsp3) is 0.610. The third-order valence-corrected chi connectivity index (χ3v) is 15.2. The number of nitrogens with one attached hydrogen (secondary N) is 1. The highest BCUT2D eigenvalue weighted by molar-refractivity contribution is 7.90. The molecule has 1 aromatic heterocycles. The molecule has 278 valence electrons. The number of ether oxygens (including phenoxy) is 2. The van der Waals surface area contributed by atoms with E-state index < -0.39 is 26.6 Å². The summed E-state index contributed by atoms with van der Waals surface area (Å²) in [4.78, 5) is 33.5. The van der Waals surface area contributed by atoms with Gasteiger partial charge in [0.2, 0.25) is 15.9 Å². The topological polar surface area (TPSA) is 110 Å². The predicted molar refractivity (Wildman–Crippen MR) is 200 cm³/mol. The lowest BCUT2D eigenvalue weighted by molar-refractivity contribution is -0.140. The van der Waals surface area contributed by atoms with E-state index in [9.17, 15) is 13.2 Å². The van der Waals surface area contributed by atoms with Crippen molar-refractivity contribution in [1.29, 1.82) is 0 Å². The van der Waals surface area contributed by atoms with Crippen LogP contribution in [0.25, 0.3) is 22.2 Å². The van der Waals surface area contributed by atoms with Crippen LogP contribution in [0.1, 0.15) is 104 Å². The Labute approximate surface area is 307 Å². The fourth-order valence-electron chi connectivity index (χ4n) is 10.7. The largest absolute Gasteiger partial charge is 0.497 e. The highest BCUT2D eigenvalue weighted by Crippen LogP contribution is 2.66. The van der Waals surface area contributed by atoms with Crippen molar-refractivity contribution in [2.24, 2.45) is 11.3 Å². The van der Waals surface area contributed by atoms with Crippen LogP contribution in [-0.4, -0.2) is 92.9 Å². The summed E-state index contributed by atoms with van der Waals surface area (Å²) in [5.41, 5.74) is 5.32. The van der Waals surface area contributed by atoms with E-state index in [2.05, 4.69) is 38.3 Å². The quantitative estimate of drug-likeness (QED) is 0.330. The molecular weight excluding hydrogens is 677 g/mol. The van der Waals surface area contributed by atoms with Crippen molar-refractivity contribution in [2.45, 2.75) is 100 Å². The van der Waals surface area contributed by atoms with Gasteiger partial charge < -0.3 is 23.8 Å². The smallest absolute Gasteiger partial charge is 0.264 e. The molecule has 2 amide bonds. The van der Waals surface area contributed by atoms with Gasteiger partial charge in [-0.2, -0.15) is 0 Å². The Hall–Kier alpha value is -3.41. The maximum Gasteiger partial charge on any atom is 0.264 e. The van der Waals surface area contributed by atoms with E-state index in [1.54, 1.807) is 13.2 Å². The number of aromatic nitrogens is 1. The molecule has 9 rings (SSSR count). The van der Waals surface area contributed by atoms with E-state index in [1.165, 1.54) is 24.8 Å². The number of nitrogens with zero attached hydrogens (tertiary/aromatic N) is 3. The van der Waals surface area contributed by atoms with Crippen LogP contribution in [0.3, 0.4) is 0 Å². The first-order chi connectivity index (χ1) is 25.2. The number of rotatable bonds is 6. The summed E-state index contributed by atoms with van der Waals surface area (Å²) in [6.07, 6.45) is 10.4. The summed E-state index contributed by atoms with van der Waals surface area (Å²) in [7, 11) is 0.0438. The highest BCUT2D eigenvalue weighted by Gasteiger charge is 2.64. The molecule has 0 radical (unpaired) electrons. The normalized spacial score (nSPS) is 28.3. The Kier molecular flexibility index (Phi) is 8.70. The number of fused-ring (bicyclic) bond motifs is 10. The molecule has 3 aliphatic heterocycles. The minimum atomic E-state index is -3.80. The first-order valence-corrected chi connectivity index (χ1v) is 21.2. The lowest BCUT2D eigenvalue weighted by Crippen LogP contribution is -2.49. The van der Waals surface area contributed by atoms with Gasteiger partial charge in [-0.05, 0) is 86.5 Å². The summed E-state index contributed by atoms with van der Waals surface area (Å²) in [6.45, 7) is 4.11. The molecule has 52 heavy (non-hydrogen) atoms. The van der Waals surface area contributed by atoms with Crippen LogP contribution in [0.4, 0.5) is 0 Å². The molecule has 3 aromatic rings. The molecule has 3 saturated carbocycles. The van der Waals surface area contributed by atoms with Crippen LogP contribution in [0, 0.1) is 11.3 Å². The van der Waals surface area contributed by atoms with Crippen LogP contribution in [0.2, 0.25) is 0 Å². The van der Waals surface area contributed by atoms with Gasteiger partial charge >= 0.3 is 0 Å². The second kappa shape index (κ2) is 13.2. The van der Waals surface area contributed by atoms with Crippen LogP contribution in [0.15, 0.2) is 36.4 Å². The Morgan fingerprint density at radius 2 is 1.69 bits per heavy atom. The van der Waals surface area contributed by atoms with Crippen molar-refractivity contribution < 1.29 is 27.5 Å². The van der Waals surface area contributed by atoms with E-state index in [0.717, 1.165) is 85.1 Å². The maximum atomic E-state index is 15.2. The number of benzene rings is 2. The van der Waals surface area contributed by atoms with Gasteiger partial charge in [-0.1, -0.05) is 44.6 Å². The third kappa shape index (κ3) is 5.77. The number of methoxy groups -OCH3 is 1. The van der Waals surface area contributed by atoms with E-state index in [4.69, 9.17) is 9.47 Å². The number of sulfonamides is 1. The molecule has 4 atom stereocenters. The Balaban J connectivity index is 1.19. The zero-order valence-electron chi connectivity index (χ0n) is 30.6. The molecule has 0 spiro atoms. The Morgan fingerprint density at radius 3 is 2.46 bits per heavy atom. The minimum Gasteiger partial charge on any atom is -0.497 e. The lowest BCUT2D eigenvalue weighted by Gasteiger charge is -2.33. The molecule has 11 heteroatoms. The van der Waals surface area contributed by atoms with E-state index in [1.807, 2.05) is 18.2 Å². The second-order valence-corrected chi connectivity index (χ2v) is 18.7. The van der Waals surface area contributed by atoms with Crippen LogP contribution < -0.4 is 9.46 Å². The maximum absolute atomic E-state index is 15.2. The Morgan fingerprint density at radius 1 is 0.923 bits per heavy atom. The van der Waals surface area contributed by atoms with Crippen LogP contribution >= 0.6 is 0 Å². The monoisotopic (exact) mass is 728 g/mol. The van der Waals surface area contributed by atoms with Crippen molar-refractivity contribution in [3.63, 3.8) is 0 Å². The summed E-state index contributed by atoms with van der Waals surface area (Å²) >= 11 is 0. The molecule has 2 saturated heterocycles. The van der Waals surface area contributed by atoms with Crippen LogP contribution in [-0.2, 0) is 26.1 Å². The summed E-state index contributed by atoms with van der Waals surface area (Å²) in [5, 5.41) is 0.559. The van der Waals surface area contributed by atoms with Crippen molar-refractivity contribution in [3.05, 3.63) is 53.1 Å². The van der Waals surface area contributed by atoms with Gasteiger partial charge in [-0.15, -0.1) is 0 Å². The first-order valence-electron chi connectivity index (χ1n) is 19.6. The van der Waals surface area contributed by atoms with Gasteiger partial charge in [0.05, 0.1) is 42.7 Å². The first kappa shape index (κ1) is 34.4. The molecule has 10 nitrogen and oxygen atoms in total.